The van der Waals surface area contributed by atoms with Crippen LogP contribution in [0.2, 0.25) is 0 Å². The highest BCUT2D eigenvalue weighted by Crippen LogP contribution is 2.35. The lowest BCUT2D eigenvalue weighted by Crippen LogP contribution is -2.17. The topological polar surface area (TPSA) is 68.5 Å². The van der Waals surface area contributed by atoms with Gasteiger partial charge < -0.3 is 5.32 Å². The molecule has 0 radical (unpaired) electrons. The zero-order valence-corrected chi connectivity index (χ0v) is 12.2. The van der Waals surface area contributed by atoms with Gasteiger partial charge in [-0.1, -0.05) is 6.42 Å². The summed E-state index contributed by atoms with van der Waals surface area (Å²) in [5.41, 5.74) is 2.17. The molecule has 2 heterocycles. The minimum Gasteiger partial charge on any atom is -0.344 e. The number of aryl methyl sites for hydroxylation is 2. The Balaban J connectivity index is 1.80. The molecule has 1 N–H and O–H groups in total. The van der Waals surface area contributed by atoms with E-state index in [2.05, 4.69) is 31.4 Å². The smallest absolute Gasteiger partial charge is 0.223 e. The van der Waals surface area contributed by atoms with Crippen molar-refractivity contribution >= 4 is 5.95 Å². The molecule has 0 spiro atoms. The Morgan fingerprint density at radius 3 is 2.75 bits per heavy atom. The van der Waals surface area contributed by atoms with E-state index in [9.17, 15) is 0 Å². The molecular formula is C14H20N6. The third-order valence-electron chi connectivity index (χ3n) is 3.88. The van der Waals surface area contributed by atoms with Crippen molar-refractivity contribution in [1.82, 2.24) is 24.7 Å². The van der Waals surface area contributed by atoms with E-state index in [4.69, 9.17) is 0 Å². The average molecular weight is 272 g/mol. The summed E-state index contributed by atoms with van der Waals surface area (Å²) in [7, 11) is 1.89. The van der Waals surface area contributed by atoms with Gasteiger partial charge in [0.15, 0.2) is 0 Å². The highest BCUT2D eigenvalue weighted by Gasteiger charge is 2.22. The molecule has 1 unspecified atom stereocenters. The molecule has 6 nitrogen and oxygen atoms in total. The molecule has 0 amide bonds. The molecule has 2 aromatic heterocycles. The van der Waals surface area contributed by atoms with E-state index in [1.165, 1.54) is 19.3 Å². The van der Waals surface area contributed by atoms with E-state index < -0.39 is 0 Å². The largest absolute Gasteiger partial charge is 0.344 e. The van der Waals surface area contributed by atoms with Crippen LogP contribution in [-0.2, 0) is 7.05 Å². The van der Waals surface area contributed by atoms with E-state index in [1.807, 2.05) is 20.9 Å². The molecule has 1 fully saturated rings. The Morgan fingerprint density at radius 1 is 1.35 bits per heavy atom. The van der Waals surface area contributed by atoms with Crippen LogP contribution in [0.1, 0.15) is 55.4 Å². The van der Waals surface area contributed by atoms with Gasteiger partial charge in [0, 0.05) is 24.4 Å². The van der Waals surface area contributed by atoms with Crippen LogP contribution in [0.4, 0.5) is 5.95 Å². The maximum Gasteiger partial charge on any atom is 0.223 e. The van der Waals surface area contributed by atoms with Crippen LogP contribution in [0.15, 0.2) is 12.4 Å². The first-order chi connectivity index (χ1) is 9.63. The Hall–Kier alpha value is -1.98. The van der Waals surface area contributed by atoms with Crippen molar-refractivity contribution in [3.05, 3.63) is 29.6 Å². The molecule has 0 aliphatic heterocycles. The van der Waals surface area contributed by atoms with Crippen LogP contribution < -0.4 is 5.32 Å². The molecular weight excluding hydrogens is 252 g/mol. The molecule has 0 aromatic carbocycles. The van der Waals surface area contributed by atoms with Crippen LogP contribution in [0, 0.1) is 6.92 Å². The van der Waals surface area contributed by atoms with E-state index in [1.54, 1.807) is 11.0 Å². The van der Waals surface area contributed by atoms with Crippen molar-refractivity contribution in [1.29, 1.82) is 0 Å². The maximum absolute atomic E-state index is 4.66. The minimum atomic E-state index is 0.0264. The summed E-state index contributed by atoms with van der Waals surface area (Å²) in [6, 6.07) is 2.13. The molecule has 1 saturated carbocycles. The van der Waals surface area contributed by atoms with Gasteiger partial charge in [0.25, 0.3) is 0 Å². The zero-order chi connectivity index (χ0) is 14.1. The second kappa shape index (κ2) is 5.19. The van der Waals surface area contributed by atoms with Gasteiger partial charge in [-0.05, 0) is 32.8 Å². The van der Waals surface area contributed by atoms with Crippen LogP contribution in [-0.4, -0.2) is 24.7 Å². The van der Waals surface area contributed by atoms with Gasteiger partial charge >= 0.3 is 0 Å². The summed E-state index contributed by atoms with van der Waals surface area (Å²) in [5, 5.41) is 7.41. The van der Waals surface area contributed by atoms with Crippen molar-refractivity contribution in [2.24, 2.45) is 7.05 Å². The predicted molar refractivity (Wildman–Crippen MR) is 76.4 cm³/mol. The predicted octanol–water partition coefficient (Wildman–Crippen LogP) is 2.35. The minimum absolute atomic E-state index is 0.0264. The Kier molecular flexibility index (Phi) is 3.38. The highest BCUT2D eigenvalue weighted by atomic mass is 15.3. The monoisotopic (exact) mass is 272 g/mol. The number of hydrogen-bond acceptors (Lipinski definition) is 5. The van der Waals surface area contributed by atoms with Gasteiger partial charge in [0.1, 0.15) is 12.2 Å². The number of nitrogens with one attached hydrogen (secondary N) is 1. The quantitative estimate of drug-likeness (QED) is 0.925. The third-order valence-corrected chi connectivity index (χ3v) is 3.88. The molecule has 6 heteroatoms. The normalized spacial score (nSPS) is 16.8. The maximum atomic E-state index is 4.66. The standard InChI is InChI=1S/C14H20N6/c1-9-7-12(11-5-4-6-11)19-14(17-9)18-10(2)13-15-8-16-20(13)3/h7-8,10-11H,4-6H2,1-3H3,(H,17,18,19). The second-order valence-corrected chi connectivity index (χ2v) is 5.49. The molecule has 1 atom stereocenters. The number of aromatic nitrogens is 5. The summed E-state index contributed by atoms with van der Waals surface area (Å²) in [6.07, 6.45) is 5.36. The Bertz CT molecular complexity index is 601. The fraction of sp³-hybridized carbons (Fsp3) is 0.571. The van der Waals surface area contributed by atoms with E-state index >= 15 is 0 Å². The molecule has 1 aliphatic rings. The number of rotatable bonds is 4. The SMILES string of the molecule is Cc1cc(C2CCC2)nc(NC(C)c2ncnn2C)n1. The van der Waals surface area contributed by atoms with E-state index in [0.29, 0.717) is 11.9 Å². The fourth-order valence-corrected chi connectivity index (χ4v) is 2.53. The average Bonchev–Trinajstić information content (AvgIpc) is 2.72. The summed E-state index contributed by atoms with van der Waals surface area (Å²) >= 11 is 0. The first-order valence-corrected chi connectivity index (χ1v) is 7.09. The van der Waals surface area contributed by atoms with E-state index in [-0.39, 0.29) is 6.04 Å². The zero-order valence-electron chi connectivity index (χ0n) is 12.2. The first kappa shape index (κ1) is 13.0. The molecule has 20 heavy (non-hydrogen) atoms. The summed E-state index contributed by atoms with van der Waals surface area (Å²) < 4.78 is 1.76. The number of hydrogen-bond donors (Lipinski definition) is 1. The van der Waals surface area contributed by atoms with Crippen LogP contribution in [0.25, 0.3) is 0 Å². The third kappa shape index (κ3) is 2.50. The van der Waals surface area contributed by atoms with Crippen molar-refractivity contribution in [3.63, 3.8) is 0 Å². The number of nitrogens with zero attached hydrogens (tertiary/aromatic N) is 5. The van der Waals surface area contributed by atoms with Gasteiger partial charge in [-0.2, -0.15) is 5.10 Å². The highest BCUT2D eigenvalue weighted by molar-refractivity contribution is 5.32. The molecule has 0 saturated heterocycles. The molecule has 106 valence electrons. The van der Waals surface area contributed by atoms with Gasteiger partial charge in [-0.15, -0.1) is 0 Å². The van der Waals surface area contributed by atoms with Crippen molar-refractivity contribution < 1.29 is 0 Å². The lowest BCUT2D eigenvalue weighted by molar-refractivity contribution is 0.410. The van der Waals surface area contributed by atoms with Gasteiger partial charge in [0.05, 0.1) is 6.04 Å². The van der Waals surface area contributed by atoms with Crippen LogP contribution in [0.3, 0.4) is 0 Å². The van der Waals surface area contributed by atoms with Crippen LogP contribution >= 0.6 is 0 Å². The molecule has 1 aliphatic carbocycles. The second-order valence-electron chi connectivity index (χ2n) is 5.49. The van der Waals surface area contributed by atoms with Gasteiger partial charge in [-0.3, -0.25) is 4.68 Å². The van der Waals surface area contributed by atoms with Crippen molar-refractivity contribution in [2.75, 3.05) is 5.32 Å². The summed E-state index contributed by atoms with van der Waals surface area (Å²) in [5.74, 6) is 2.17. The fourth-order valence-electron chi connectivity index (χ4n) is 2.53. The van der Waals surface area contributed by atoms with E-state index in [0.717, 1.165) is 17.2 Å². The molecule has 2 aromatic rings. The first-order valence-electron chi connectivity index (χ1n) is 7.09. The summed E-state index contributed by atoms with van der Waals surface area (Å²) in [6.45, 7) is 4.06. The number of anilines is 1. The lowest BCUT2D eigenvalue weighted by atomic mass is 9.83. The lowest BCUT2D eigenvalue weighted by Gasteiger charge is -2.25. The van der Waals surface area contributed by atoms with Gasteiger partial charge in [-0.25, -0.2) is 15.0 Å². The van der Waals surface area contributed by atoms with Gasteiger partial charge in [0.2, 0.25) is 5.95 Å². The van der Waals surface area contributed by atoms with Crippen molar-refractivity contribution in [2.45, 2.75) is 45.1 Å². The molecule has 0 bridgehead atoms. The van der Waals surface area contributed by atoms with Crippen molar-refractivity contribution in [3.8, 4) is 0 Å². The van der Waals surface area contributed by atoms with Crippen LogP contribution in [0.5, 0.6) is 0 Å². The summed E-state index contributed by atoms with van der Waals surface area (Å²) in [4.78, 5) is 13.4. The Labute approximate surface area is 118 Å². The Morgan fingerprint density at radius 2 is 2.15 bits per heavy atom. The molecule has 3 rings (SSSR count).